The Labute approximate surface area is 111 Å². The number of aryl methyl sites for hydroxylation is 1. The summed E-state index contributed by atoms with van der Waals surface area (Å²) in [5, 5.41) is 12.9. The molecule has 0 unspecified atom stereocenters. The van der Waals surface area contributed by atoms with Crippen molar-refractivity contribution in [2.24, 2.45) is 0 Å². The lowest BCUT2D eigenvalue weighted by Crippen LogP contribution is -2.25. The van der Waals surface area contributed by atoms with E-state index in [0.717, 1.165) is 4.88 Å². The van der Waals surface area contributed by atoms with Crippen LogP contribution in [0.25, 0.3) is 16.3 Å². The summed E-state index contributed by atoms with van der Waals surface area (Å²) in [5.74, 6) is 0.438. The van der Waals surface area contributed by atoms with Gasteiger partial charge in [-0.25, -0.2) is 5.10 Å². The molecule has 0 amide bonds. The van der Waals surface area contributed by atoms with Crippen LogP contribution in [0.3, 0.4) is 0 Å². The molecule has 1 N–H and O–H groups in total. The van der Waals surface area contributed by atoms with Gasteiger partial charge < -0.3 is 0 Å². The molecule has 0 aliphatic rings. The molecule has 6 nitrogen and oxygen atoms in total. The Balaban J connectivity index is 2.47. The van der Waals surface area contributed by atoms with Crippen molar-refractivity contribution in [3.63, 3.8) is 0 Å². The summed E-state index contributed by atoms with van der Waals surface area (Å²) < 4.78 is 3.41. The molecule has 3 aromatic heterocycles. The fourth-order valence-corrected chi connectivity index (χ4v) is 2.63. The highest BCUT2D eigenvalue weighted by atomic mass is 32.1. The van der Waals surface area contributed by atoms with E-state index in [4.69, 9.17) is 12.2 Å². The van der Waals surface area contributed by atoms with Crippen molar-refractivity contribution < 1.29 is 0 Å². The molecule has 0 atom stereocenters. The van der Waals surface area contributed by atoms with Crippen LogP contribution in [0.5, 0.6) is 0 Å². The average molecular weight is 279 g/mol. The minimum absolute atomic E-state index is 0.151. The lowest BCUT2D eigenvalue weighted by atomic mass is 10.3. The molecular formula is C10H9N5OS2. The lowest BCUT2D eigenvalue weighted by molar-refractivity contribution is 0.697. The second-order valence-corrected chi connectivity index (χ2v) is 4.95. The number of nitrogens with one attached hydrogen (secondary N) is 1. The molecular weight excluding hydrogens is 270 g/mol. The molecule has 3 heterocycles. The molecule has 0 aromatic carbocycles. The minimum atomic E-state index is -0.151. The van der Waals surface area contributed by atoms with Gasteiger partial charge in [-0.2, -0.15) is 9.61 Å². The van der Waals surface area contributed by atoms with Crippen LogP contribution < -0.4 is 5.56 Å². The van der Waals surface area contributed by atoms with Crippen molar-refractivity contribution in [3.05, 3.63) is 32.6 Å². The van der Waals surface area contributed by atoms with E-state index in [1.165, 1.54) is 15.9 Å². The Morgan fingerprint density at radius 2 is 2.39 bits per heavy atom. The van der Waals surface area contributed by atoms with Crippen LogP contribution in [0.4, 0.5) is 0 Å². The van der Waals surface area contributed by atoms with Crippen LogP contribution in [0.15, 0.2) is 22.3 Å². The Hall–Kier alpha value is -1.80. The van der Waals surface area contributed by atoms with Crippen molar-refractivity contribution in [1.82, 2.24) is 24.4 Å². The molecule has 0 aliphatic carbocycles. The van der Waals surface area contributed by atoms with Gasteiger partial charge in [-0.05, 0) is 30.6 Å². The molecule has 0 saturated carbocycles. The minimum Gasteiger partial charge on any atom is -0.274 e. The Kier molecular flexibility index (Phi) is 2.60. The van der Waals surface area contributed by atoms with Gasteiger partial charge in [0.1, 0.15) is 0 Å². The van der Waals surface area contributed by atoms with E-state index in [9.17, 15) is 4.79 Å². The maximum Gasteiger partial charge on any atom is 0.282 e. The number of rotatable bonds is 2. The first-order valence-electron chi connectivity index (χ1n) is 5.34. The first-order valence-corrected chi connectivity index (χ1v) is 6.63. The van der Waals surface area contributed by atoms with Crippen molar-refractivity contribution in [3.8, 4) is 10.6 Å². The van der Waals surface area contributed by atoms with Gasteiger partial charge in [-0.15, -0.1) is 16.4 Å². The van der Waals surface area contributed by atoms with Crippen LogP contribution >= 0.6 is 23.6 Å². The second kappa shape index (κ2) is 4.14. The van der Waals surface area contributed by atoms with Crippen LogP contribution in [0.2, 0.25) is 0 Å². The number of nitrogens with zero attached hydrogens (tertiary/aromatic N) is 4. The van der Waals surface area contributed by atoms with Crippen molar-refractivity contribution in [2.75, 3.05) is 0 Å². The molecule has 3 rings (SSSR count). The number of aromatic amines is 1. The molecule has 0 aliphatic heterocycles. The van der Waals surface area contributed by atoms with Crippen molar-refractivity contribution in [2.45, 2.75) is 13.5 Å². The highest BCUT2D eigenvalue weighted by molar-refractivity contribution is 7.71. The quantitative estimate of drug-likeness (QED) is 0.725. The molecule has 0 radical (unpaired) electrons. The molecule has 0 spiro atoms. The summed E-state index contributed by atoms with van der Waals surface area (Å²) in [4.78, 5) is 13.2. The van der Waals surface area contributed by atoms with E-state index in [1.807, 2.05) is 24.4 Å². The van der Waals surface area contributed by atoms with Crippen LogP contribution in [-0.2, 0) is 6.54 Å². The van der Waals surface area contributed by atoms with E-state index in [0.29, 0.717) is 22.8 Å². The molecule has 8 heteroatoms. The monoisotopic (exact) mass is 279 g/mol. The fraction of sp³-hybridized carbons (Fsp3) is 0.200. The van der Waals surface area contributed by atoms with E-state index in [1.54, 1.807) is 4.57 Å². The fourth-order valence-electron chi connectivity index (χ4n) is 1.76. The van der Waals surface area contributed by atoms with Gasteiger partial charge in [0.15, 0.2) is 5.69 Å². The molecule has 92 valence electrons. The highest BCUT2D eigenvalue weighted by Gasteiger charge is 2.14. The third-order valence-electron chi connectivity index (χ3n) is 2.59. The summed E-state index contributed by atoms with van der Waals surface area (Å²) in [5.41, 5.74) is 0.248. The number of aromatic nitrogens is 5. The molecule has 3 aromatic rings. The predicted octanol–water partition coefficient (Wildman–Crippen LogP) is 1.70. The predicted molar refractivity (Wildman–Crippen MR) is 71.4 cm³/mol. The zero-order chi connectivity index (χ0) is 12.7. The van der Waals surface area contributed by atoms with E-state index in [2.05, 4.69) is 15.3 Å². The van der Waals surface area contributed by atoms with Crippen LogP contribution in [-0.4, -0.2) is 24.4 Å². The normalized spacial score (nSPS) is 11.2. The third kappa shape index (κ3) is 1.53. The smallest absolute Gasteiger partial charge is 0.274 e. The molecule has 0 bridgehead atoms. The van der Waals surface area contributed by atoms with Gasteiger partial charge >= 0.3 is 0 Å². The number of fused-ring (bicyclic) bond motifs is 1. The summed E-state index contributed by atoms with van der Waals surface area (Å²) >= 11 is 6.57. The van der Waals surface area contributed by atoms with Crippen molar-refractivity contribution in [1.29, 1.82) is 0 Å². The first kappa shape index (κ1) is 11.3. The maximum absolute atomic E-state index is 12.3. The largest absolute Gasteiger partial charge is 0.282 e. The van der Waals surface area contributed by atoms with Gasteiger partial charge in [0.25, 0.3) is 11.3 Å². The van der Waals surface area contributed by atoms with Gasteiger partial charge in [-0.1, -0.05) is 6.07 Å². The standard InChI is InChI=1S/C10H9N5OS2/c1-2-14-8(16)7(6-4-3-5-18-6)13-15-9(14)11-12-10(15)17/h3-5H,2H2,1H3,(H,12,17). The summed E-state index contributed by atoms with van der Waals surface area (Å²) in [6.45, 7) is 2.40. The maximum atomic E-state index is 12.3. The second-order valence-electron chi connectivity index (χ2n) is 3.62. The number of H-pyrrole nitrogens is 1. The van der Waals surface area contributed by atoms with Crippen molar-refractivity contribution >= 4 is 29.3 Å². The number of thiophene rings is 1. The first-order chi connectivity index (χ1) is 8.72. The number of hydrogen-bond acceptors (Lipinski definition) is 5. The molecule has 0 saturated heterocycles. The van der Waals surface area contributed by atoms with E-state index >= 15 is 0 Å². The SMILES string of the molecule is CCn1c(=O)c(-c2cccs2)nn2c(=S)[nH]nc12. The Bertz CT molecular complexity index is 811. The van der Waals surface area contributed by atoms with Gasteiger partial charge in [0, 0.05) is 6.54 Å². The Morgan fingerprint density at radius 3 is 3.06 bits per heavy atom. The highest BCUT2D eigenvalue weighted by Crippen LogP contribution is 2.19. The zero-order valence-corrected chi connectivity index (χ0v) is 11.1. The third-order valence-corrected chi connectivity index (χ3v) is 3.73. The average Bonchev–Trinajstić information content (AvgIpc) is 2.99. The van der Waals surface area contributed by atoms with E-state index < -0.39 is 0 Å². The van der Waals surface area contributed by atoms with Gasteiger partial charge in [0.05, 0.1) is 4.88 Å². The van der Waals surface area contributed by atoms with Crippen LogP contribution in [0.1, 0.15) is 6.92 Å². The van der Waals surface area contributed by atoms with Gasteiger partial charge in [-0.3, -0.25) is 9.36 Å². The van der Waals surface area contributed by atoms with Crippen LogP contribution in [0, 0.1) is 4.77 Å². The summed E-state index contributed by atoms with van der Waals surface area (Å²) in [7, 11) is 0. The zero-order valence-electron chi connectivity index (χ0n) is 9.45. The molecule has 18 heavy (non-hydrogen) atoms. The lowest BCUT2D eigenvalue weighted by Gasteiger charge is -2.05. The van der Waals surface area contributed by atoms with Gasteiger partial charge in [0.2, 0.25) is 4.77 Å². The topological polar surface area (TPSA) is 68.0 Å². The van der Waals surface area contributed by atoms with E-state index in [-0.39, 0.29) is 5.56 Å². The Morgan fingerprint density at radius 1 is 1.56 bits per heavy atom. The number of hydrogen-bond donors (Lipinski definition) is 1. The summed E-state index contributed by atoms with van der Waals surface area (Å²) in [6.07, 6.45) is 0. The molecule has 0 fully saturated rings. The summed E-state index contributed by atoms with van der Waals surface area (Å²) in [6, 6.07) is 3.75.